The van der Waals surface area contributed by atoms with Crippen LogP contribution in [0.15, 0.2) is 0 Å². The monoisotopic (exact) mass is 854 g/mol. The van der Waals surface area contributed by atoms with Crippen molar-refractivity contribution in [3.05, 3.63) is 0 Å². The van der Waals surface area contributed by atoms with Crippen molar-refractivity contribution in [1.82, 2.24) is 9.44 Å². The fourth-order valence-corrected chi connectivity index (χ4v) is 6.52. The minimum absolute atomic E-state index is 0.201. The summed E-state index contributed by atoms with van der Waals surface area (Å²) < 4.78 is 99.2. The zero-order chi connectivity index (χ0) is 36.8. The van der Waals surface area contributed by atoms with Crippen LogP contribution in [0, 0.1) is 0 Å². The van der Waals surface area contributed by atoms with Gasteiger partial charge in [-0.2, -0.15) is 0 Å². The summed E-state index contributed by atoms with van der Waals surface area (Å²) in [7, 11) is -13.4. The van der Waals surface area contributed by atoms with Crippen molar-refractivity contribution in [2.45, 2.75) is 138 Å². The summed E-state index contributed by atoms with van der Waals surface area (Å²) in [5, 5.41) is 8.95. The predicted octanol–water partition coefficient (Wildman–Crippen LogP) is 2.71. The molecule has 0 spiro atoms. The molecule has 16 nitrogen and oxygen atoms in total. The molecule has 0 bridgehead atoms. The van der Waals surface area contributed by atoms with Crippen molar-refractivity contribution in [2.24, 2.45) is 10.3 Å². The van der Waals surface area contributed by atoms with Gasteiger partial charge in [0, 0.05) is 0 Å². The van der Waals surface area contributed by atoms with E-state index in [2.05, 4.69) is 22.6 Å². The number of hydrogen-bond acceptors (Lipinski definition) is 12. The second-order valence-corrected chi connectivity index (χ2v) is 21.8. The number of ether oxygens (including phenoxy) is 2. The van der Waals surface area contributed by atoms with Crippen molar-refractivity contribution in [2.75, 3.05) is 4.93 Å². The summed E-state index contributed by atoms with van der Waals surface area (Å²) in [6.45, 7) is 13.3. The third-order valence-corrected chi connectivity index (χ3v) is 13.6. The average Bonchev–Trinajstić information content (AvgIpc) is 3.60. The molecule has 21 heteroatoms. The smallest absolute Gasteiger partial charge is 0.421 e. The number of alkyl halides is 1. The van der Waals surface area contributed by atoms with Gasteiger partial charge in [0.05, 0.1) is 20.0 Å². The highest BCUT2D eigenvalue weighted by atomic mass is 127. The Morgan fingerprint density at radius 1 is 0.652 bits per heavy atom. The van der Waals surface area contributed by atoms with E-state index in [0.29, 0.717) is 25.7 Å². The number of nitrogens with one attached hydrogen (secondary N) is 2. The lowest BCUT2D eigenvalue weighted by Gasteiger charge is -2.20. The zero-order valence-corrected chi connectivity index (χ0v) is 33.3. The first-order valence-corrected chi connectivity index (χ1v) is 22.6. The van der Waals surface area contributed by atoms with Gasteiger partial charge in [0.15, 0.2) is 0 Å². The summed E-state index contributed by atoms with van der Waals surface area (Å²) in [6, 6.07) is 0. The zero-order valence-electron chi connectivity index (χ0n) is 27.9. The highest BCUT2D eigenvalue weighted by Gasteiger charge is 2.51. The molecular formula is C25H51IN4O12S4. The van der Waals surface area contributed by atoms with Crippen LogP contribution < -0.4 is 19.7 Å². The molecule has 4 aliphatic carbocycles. The molecule has 0 unspecified atom stereocenters. The normalized spacial score (nSPS) is 19.7. The number of primary sulfonamides is 2. The molecule has 0 aromatic rings. The van der Waals surface area contributed by atoms with Gasteiger partial charge in [-0.15, -0.1) is 0 Å². The maximum absolute atomic E-state index is 11.6. The molecule has 4 fully saturated rings. The Balaban J connectivity index is 0.000000600. The second kappa shape index (κ2) is 16.1. The van der Waals surface area contributed by atoms with Gasteiger partial charge in [0.25, 0.3) is 0 Å². The standard InChI is InChI=1S/C9H17NO4S.C8H15NO4S.C4H9NO2S.C3H7NO2S.CH3I/c1-8(2,3)14-7(11)10-15(12,13)9(4)5-6-9;1-8(2,3)13-7(10)9-14(11,12)6-4-5-6;1-4(2-3-4)8(5,6)7;4-7(5,6)3-1-2-3;1-2/h5-6H2,1-4H3,(H,10,11);6H,4-5H2,1-3H3,(H,9,10);2-3H2,1H3,(H2,5,6,7);3H,1-2H2,(H2,4,5,6);1H3. The van der Waals surface area contributed by atoms with Crippen molar-refractivity contribution in [1.29, 1.82) is 0 Å². The number of carbonyl (C=O) groups is 2. The Kier molecular flexibility index (Phi) is 15.8. The van der Waals surface area contributed by atoms with Crippen molar-refractivity contribution >= 4 is 74.9 Å². The molecule has 0 saturated heterocycles. The number of rotatable bonds is 6. The van der Waals surface area contributed by atoms with Crippen molar-refractivity contribution in [3.8, 4) is 0 Å². The first-order valence-electron chi connectivity index (χ1n) is 14.2. The van der Waals surface area contributed by atoms with Crippen LogP contribution >= 0.6 is 22.6 Å². The molecule has 0 aromatic heterocycles. The molecule has 46 heavy (non-hydrogen) atoms. The number of hydrogen-bond donors (Lipinski definition) is 4. The molecule has 274 valence electrons. The molecule has 6 N–H and O–H groups in total. The SMILES string of the molecule is CC(C)(C)OC(=O)NS(=O)(=O)C1(C)CC1.CC(C)(C)OC(=O)NS(=O)(=O)C1CC1.CC1(S(N)(=O)=O)CC1.CI.NS(=O)(=O)C1CC1. The fraction of sp³-hybridized carbons (Fsp3) is 0.920. The van der Waals surface area contributed by atoms with E-state index in [1.807, 2.05) is 14.4 Å². The van der Waals surface area contributed by atoms with Crippen LogP contribution in [0.1, 0.15) is 107 Å². The van der Waals surface area contributed by atoms with Gasteiger partial charge in [0.1, 0.15) is 11.2 Å². The predicted molar refractivity (Wildman–Crippen MR) is 184 cm³/mol. The fourth-order valence-electron chi connectivity index (χ4n) is 2.71. The third-order valence-electron chi connectivity index (χ3n) is 6.44. The third kappa shape index (κ3) is 17.9. The molecule has 0 aromatic carbocycles. The molecule has 4 rings (SSSR count). The van der Waals surface area contributed by atoms with Gasteiger partial charge in [0.2, 0.25) is 40.1 Å². The molecule has 0 radical (unpaired) electrons. The first kappa shape index (κ1) is 45.0. The van der Waals surface area contributed by atoms with E-state index in [1.165, 1.54) is 0 Å². The Morgan fingerprint density at radius 2 is 0.978 bits per heavy atom. The molecule has 2 amide bonds. The van der Waals surface area contributed by atoms with Crippen LogP contribution in [0.3, 0.4) is 0 Å². The van der Waals surface area contributed by atoms with Gasteiger partial charge in [-0.1, -0.05) is 22.6 Å². The molecule has 0 aliphatic heterocycles. The van der Waals surface area contributed by atoms with Crippen LogP contribution in [-0.2, 0) is 49.6 Å². The van der Waals surface area contributed by atoms with Gasteiger partial charge in [-0.25, -0.2) is 63.0 Å². The number of sulfonamides is 4. The lowest BCUT2D eigenvalue weighted by atomic mass is 10.2. The van der Waals surface area contributed by atoms with Crippen LogP contribution in [0.5, 0.6) is 0 Å². The summed E-state index contributed by atoms with van der Waals surface area (Å²) in [4.78, 5) is 24.3. The van der Waals surface area contributed by atoms with E-state index >= 15 is 0 Å². The largest absolute Gasteiger partial charge is 0.443 e. The van der Waals surface area contributed by atoms with E-state index in [4.69, 9.17) is 19.8 Å². The van der Waals surface area contributed by atoms with E-state index < -0.39 is 78.2 Å². The quantitative estimate of drug-likeness (QED) is 0.222. The summed E-state index contributed by atoms with van der Waals surface area (Å²) in [5.41, 5.74) is -1.37. The Bertz CT molecular complexity index is 1490. The van der Waals surface area contributed by atoms with Crippen LogP contribution in [0.2, 0.25) is 0 Å². The maximum Gasteiger partial charge on any atom is 0.421 e. The highest BCUT2D eigenvalue weighted by molar-refractivity contribution is 14.1. The summed E-state index contributed by atoms with van der Waals surface area (Å²) in [5.74, 6) is 0. The highest BCUT2D eigenvalue weighted by Crippen LogP contribution is 2.42. The number of carbonyl (C=O) groups excluding carboxylic acids is 2. The minimum atomic E-state index is -3.58. The Morgan fingerprint density at radius 3 is 1.17 bits per heavy atom. The van der Waals surface area contributed by atoms with Crippen LogP contribution in [-0.4, -0.2) is 82.0 Å². The molecule has 0 atom stereocenters. The average molecular weight is 855 g/mol. The summed E-state index contributed by atoms with van der Waals surface area (Å²) >= 11 is 2.15. The lowest BCUT2D eigenvalue weighted by molar-refractivity contribution is 0.0557. The van der Waals surface area contributed by atoms with Gasteiger partial charge in [-0.3, -0.25) is 0 Å². The van der Waals surface area contributed by atoms with E-state index in [0.717, 1.165) is 25.7 Å². The Hall–Kier alpha value is -1.01. The second-order valence-electron chi connectivity index (χ2n) is 13.7. The van der Waals surface area contributed by atoms with Gasteiger partial charge >= 0.3 is 12.2 Å². The van der Waals surface area contributed by atoms with Crippen molar-refractivity contribution in [3.63, 3.8) is 0 Å². The number of amides is 2. The Labute approximate surface area is 288 Å². The van der Waals surface area contributed by atoms with Crippen LogP contribution in [0.25, 0.3) is 0 Å². The minimum Gasteiger partial charge on any atom is -0.443 e. The van der Waals surface area contributed by atoms with E-state index in [-0.39, 0.29) is 5.25 Å². The number of halogens is 1. The molecule has 4 saturated carbocycles. The van der Waals surface area contributed by atoms with Crippen LogP contribution in [0.4, 0.5) is 9.59 Å². The van der Waals surface area contributed by atoms with Gasteiger partial charge < -0.3 is 9.47 Å². The maximum atomic E-state index is 11.6. The van der Waals surface area contributed by atoms with E-state index in [1.54, 1.807) is 55.4 Å². The molecule has 0 heterocycles. The molecule has 4 aliphatic rings. The summed E-state index contributed by atoms with van der Waals surface area (Å²) in [6.07, 6.45) is 3.60. The topological polar surface area (TPSA) is 265 Å². The van der Waals surface area contributed by atoms with Crippen molar-refractivity contribution < 1.29 is 52.7 Å². The molecular weight excluding hydrogens is 803 g/mol. The van der Waals surface area contributed by atoms with Gasteiger partial charge in [-0.05, 0) is 112 Å². The first-order chi connectivity index (χ1) is 20.3. The number of nitrogens with two attached hydrogens (primary N) is 2. The van der Waals surface area contributed by atoms with E-state index in [9.17, 15) is 43.3 Å². The lowest BCUT2D eigenvalue weighted by Crippen LogP contribution is -2.41.